The molecule has 170 valence electrons. The average molecular weight is 442 g/mol. The number of likely N-dealkylation sites (tertiary alicyclic amines) is 1. The largest absolute Gasteiger partial charge is 0.348 e. The van der Waals surface area contributed by atoms with Gasteiger partial charge in [-0.1, -0.05) is 72.8 Å². The molecule has 0 aliphatic carbocycles. The predicted octanol–water partition coefficient (Wildman–Crippen LogP) is 4.88. The van der Waals surface area contributed by atoms with Crippen molar-refractivity contribution in [2.75, 3.05) is 25.0 Å². The fraction of sp³-hybridized carbons (Fsp3) is 0.286. The smallest absolute Gasteiger partial charge is 0.234 e. The van der Waals surface area contributed by atoms with Crippen molar-refractivity contribution in [1.82, 2.24) is 10.2 Å². The van der Waals surface area contributed by atoms with E-state index in [1.165, 1.54) is 5.56 Å². The van der Waals surface area contributed by atoms with Gasteiger partial charge in [-0.2, -0.15) is 0 Å². The maximum Gasteiger partial charge on any atom is 0.234 e. The van der Waals surface area contributed by atoms with Gasteiger partial charge in [-0.15, -0.1) is 0 Å². The van der Waals surface area contributed by atoms with E-state index in [2.05, 4.69) is 51.9 Å². The van der Waals surface area contributed by atoms with Gasteiger partial charge in [0, 0.05) is 11.6 Å². The van der Waals surface area contributed by atoms with Crippen molar-refractivity contribution in [1.29, 1.82) is 0 Å². The van der Waals surface area contributed by atoms with E-state index in [0.717, 1.165) is 42.7 Å². The molecule has 0 aromatic heterocycles. The third-order valence-electron chi connectivity index (χ3n) is 6.26. The minimum absolute atomic E-state index is 0.00781. The second kappa shape index (κ2) is 10.9. The number of anilines is 1. The lowest BCUT2D eigenvalue weighted by molar-refractivity contribution is -0.124. The van der Waals surface area contributed by atoms with Crippen LogP contribution in [0, 0.1) is 5.92 Å². The van der Waals surface area contributed by atoms with Gasteiger partial charge in [0.25, 0.3) is 0 Å². The minimum Gasteiger partial charge on any atom is -0.348 e. The molecule has 0 spiro atoms. The summed E-state index contributed by atoms with van der Waals surface area (Å²) in [5.74, 6) is 0.0752. The molecule has 3 aromatic carbocycles. The summed E-state index contributed by atoms with van der Waals surface area (Å²) in [6.07, 6.45) is 1.53. The predicted molar refractivity (Wildman–Crippen MR) is 133 cm³/mol. The number of hydrogen-bond donors (Lipinski definition) is 2. The van der Waals surface area contributed by atoms with Crippen LogP contribution in [0.3, 0.4) is 0 Å². The Bertz CT molecular complexity index is 1040. The molecule has 2 amide bonds. The van der Waals surface area contributed by atoms with E-state index in [0.29, 0.717) is 6.54 Å². The van der Waals surface area contributed by atoms with Crippen LogP contribution in [-0.2, 0) is 9.59 Å². The van der Waals surface area contributed by atoms with Crippen molar-refractivity contribution in [3.63, 3.8) is 0 Å². The standard InChI is InChI=1S/C28H31N3O2/c1-21(22-12-14-24(15-13-22)23-8-4-2-5-9-23)29-27(32)20-31-18-16-25(17-19-31)28(33)30-26-10-6-3-7-11-26/h2-15,21,25H,16-20H2,1H3,(H,29,32)(H,30,33)/t21-/m0/s1. The second-order valence-electron chi connectivity index (χ2n) is 8.68. The molecule has 1 atom stereocenters. The third kappa shape index (κ3) is 6.30. The van der Waals surface area contributed by atoms with Crippen molar-refractivity contribution in [3.05, 3.63) is 90.5 Å². The van der Waals surface area contributed by atoms with E-state index in [1.807, 2.05) is 55.5 Å². The first kappa shape index (κ1) is 22.7. The molecule has 1 heterocycles. The highest BCUT2D eigenvalue weighted by Gasteiger charge is 2.26. The van der Waals surface area contributed by atoms with Crippen molar-refractivity contribution < 1.29 is 9.59 Å². The maximum absolute atomic E-state index is 12.6. The van der Waals surface area contributed by atoms with Crippen LogP contribution >= 0.6 is 0 Å². The van der Waals surface area contributed by atoms with Crippen LogP contribution in [0.2, 0.25) is 0 Å². The fourth-order valence-electron chi connectivity index (χ4n) is 4.29. The Kier molecular flexibility index (Phi) is 7.53. The minimum atomic E-state index is -0.0588. The first-order valence-corrected chi connectivity index (χ1v) is 11.6. The number of carbonyl (C=O) groups excluding carboxylic acids is 2. The lowest BCUT2D eigenvalue weighted by atomic mass is 9.95. The first-order chi connectivity index (χ1) is 16.1. The van der Waals surface area contributed by atoms with Crippen molar-refractivity contribution >= 4 is 17.5 Å². The molecule has 0 saturated carbocycles. The summed E-state index contributed by atoms with van der Waals surface area (Å²) in [7, 11) is 0. The van der Waals surface area contributed by atoms with E-state index in [4.69, 9.17) is 0 Å². The number of benzene rings is 3. The van der Waals surface area contributed by atoms with Gasteiger partial charge in [0.1, 0.15) is 0 Å². The summed E-state index contributed by atoms with van der Waals surface area (Å²) in [4.78, 5) is 27.2. The molecular formula is C28H31N3O2. The summed E-state index contributed by atoms with van der Waals surface area (Å²) < 4.78 is 0. The van der Waals surface area contributed by atoms with Gasteiger partial charge in [-0.05, 0) is 61.7 Å². The van der Waals surface area contributed by atoms with Crippen LogP contribution < -0.4 is 10.6 Å². The SMILES string of the molecule is C[C@H](NC(=O)CN1CCC(C(=O)Nc2ccccc2)CC1)c1ccc(-c2ccccc2)cc1. The molecule has 1 aliphatic rings. The molecule has 5 heteroatoms. The average Bonchev–Trinajstić information content (AvgIpc) is 2.85. The first-order valence-electron chi connectivity index (χ1n) is 11.6. The molecule has 4 rings (SSSR count). The normalized spacial score (nSPS) is 15.5. The zero-order valence-electron chi connectivity index (χ0n) is 19.0. The lowest BCUT2D eigenvalue weighted by Crippen LogP contribution is -2.43. The number of rotatable bonds is 7. The molecule has 0 radical (unpaired) electrons. The molecule has 5 nitrogen and oxygen atoms in total. The van der Waals surface area contributed by atoms with E-state index < -0.39 is 0 Å². The number of para-hydroxylation sites is 1. The molecule has 1 fully saturated rings. The highest BCUT2D eigenvalue weighted by molar-refractivity contribution is 5.92. The number of nitrogens with zero attached hydrogens (tertiary/aromatic N) is 1. The van der Waals surface area contributed by atoms with E-state index in [1.54, 1.807) is 0 Å². The fourth-order valence-corrected chi connectivity index (χ4v) is 4.29. The molecule has 2 N–H and O–H groups in total. The number of piperidine rings is 1. The lowest BCUT2D eigenvalue weighted by Gasteiger charge is -2.31. The zero-order chi connectivity index (χ0) is 23.0. The van der Waals surface area contributed by atoms with Crippen molar-refractivity contribution in [2.45, 2.75) is 25.8 Å². The highest BCUT2D eigenvalue weighted by atomic mass is 16.2. The van der Waals surface area contributed by atoms with Crippen molar-refractivity contribution in [2.24, 2.45) is 5.92 Å². The number of amides is 2. The molecule has 33 heavy (non-hydrogen) atoms. The van der Waals surface area contributed by atoms with E-state index in [9.17, 15) is 9.59 Å². The van der Waals surface area contributed by atoms with Crippen LogP contribution in [0.15, 0.2) is 84.9 Å². The molecule has 3 aromatic rings. The van der Waals surface area contributed by atoms with Crippen LogP contribution in [0.25, 0.3) is 11.1 Å². The van der Waals surface area contributed by atoms with Crippen molar-refractivity contribution in [3.8, 4) is 11.1 Å². The molecule has 0 unspecified atom stereocenters. The number of carbonyl (C=O) groups is 2. The zero-order valence-corrected chi connectivity index (χ0v) is 19.0. The Hall–Kier alpha value is -3.44. The Morgan fingerprint density at radius 1 is 0.848 bits per heavy atom. The monoisotopic (exact) mass is 441 g/mol. The number of nitrogens with one attached hydrogen (secondary N) is 2. The van der Waals surface area contributed by atoms with Gasteiger partial charge in [0.05, 0.1) is 12.6 Å². The quantitative estimate of drug-likeness (QED) is 0.549. The van der Waals surface area contributed by atoms with E-state index in [-0.39, 0.29) is 23.8 Å². The van der Waals surface area contributed by atoms with Crippen LogP contribution in [0.4, 0.5) is 5.69 Å². The van der Waals surface area contributed by atoms with Crippen LogP contribution in [-0.4, -0.2) is 36.3 Å². The van der Waals surface area contributed by atoms with E-state index >= 15 is 0 Å². The number of hydrogen-bond acceptors (Lipinski definition) is 3. The van der Waals surface area contributed by atoms with Gasteiger partial charge in [-0.25, -0.2) is 0 Å². The van der Waals surface area contributed by atoms with Gasteiger partial charge >= 0.3 is 0 Å². The Balaban J connectivity index is 1.22. The molecular weight excluding hydrogens is 410 g/mol. The highest BCUT2D eigenvalue weighted by Crippen LogP contribution is 2.22. The topological polar surface area (TPSA) is 61.4 Å². The van der Waals surface area contributed by atoms with Gasteiger partial charge in [0.15, 0.2) is 0 Å². The molecule has 0 bridgehead atoms. The summed E-state index contributed by atoms with van der Waals surface area (Å²) >= 11 is 0. The molecule has 1 saturated heterocycles. The van der Waals surface area contributed by atoms with Gasteiger partial charge in [-0.3, -0.25) is 14.5 Å². The second-order valence-corrected chi connectivity index (χ2v) is 8.68. The Morgan fingerprint density at radius 3 is 2.06 bits per heavy atom. The molecule has 1 aliphatic heterocycles. The van der Waals surface area contributed by atoms with Crippen LogP contribution in [0.5, 0.6) is 0 Å². The summed E-state index contributed by atoms with van der Waals surface area (Å²) in [5, 5.41) is 6.10. The van der Waals surface area contributed by atoms with Gasteiger partial charge < -0.3 is 10.6 Å². The Morgan fingerprint density at radius 2 is 1.42 bits per heavy atom. The third-order valence-corrected chi connectivity index (χ3v) is 6.26. The van der Waals surface area contributed by atoms with Crippen LogP contribution in [0.1, 0.15) is 31.4 Å². The Labute approximate surface area is 195 Å². The van der Waals surface area contributed by atoms with Gasteiger partial charge in [0.2, 0.25) is 11.8 Å². The summed E-state index contributed by atoms with van der Waals surface area (Å²) in [6, 6.07) is 28.1. The maximum atomic E-state index is 12.6. The summed E-state index contributed by atoms with van der Waals surface area (Å²) in [6.45, 7) is 3.87. The summed E-state index contributed by atoms with van der Waals surface area (Å²) in [5.41, 5.74) is 4.26.